The number of carbonyl (C=O) groups excluding carboxylic acids is 2. The van der Waals surface area contributed by atoms with E-state index in [2.05, 4.69) is 5.32 Å². The molecule has 2 rings (SSSR count). The lowest BCUT2D eigenvalue weighted by Gasteiger charge is -2.34. The van der Waals surface area contributed by atoms with E-state index in [4.69, 9.17) is 9.47 Å². The number of nitrogens with one attached hydrogen (secondary N) is 1. The molecule has 9 heteroatoms. The molecule has 1 N–H and O–H groups in total. The van der Waals surface area contributed by atoms with Crippen molar-refractivity contribution in [2.45, 2.75) is 45.3 Å². The van der Waals surface area contributed by atoms with Gasteiger partial charge in [-0.25, -0.2) is 4.79 Å². The second kappa shape index (κ2) is 8.24. The minimum absolute atomic E-state index is 0.0201. The van der Waals surface area contributed by atoms with Crippen molar-refractivity contribution in [1.82, 2.24) is 10.2 Å². The molecule has 1 aliphatic heterocycles. The lowest BCUT2D eigenvalue weighted by Crippen LogP contribution is -2.50. The number of likely N-dealkylation sites (tertiary alicyclic amines) is 1. The number of nitrogens with zero attached hydrogens (tertiary/aromatic N) is 2. The molecule has 0 unspecified atom stereocenters. The van der Waals surface area contributed by atoms with Crippen molar-refractivity contribution in [1.29, 1.82) is 0 Å². The molecule has 1 fully saturated rings. The van der Waals surface area contributed by atoms with Crippen LogP contribution in [-0.2, 0) is 4.74 Å². The van der Waals surface area contributed by atoms with Crippen LogP contribution in [0, 0.1) is 10.1 Å². The van der Waals surface area contributed by atoms with Crippen molar-refractivity contribution in [3.8, 4) is 5.75 Å². The first-order valence-electron chi connectivity index (χ1n) is 8.72. The SMILES string of the molecule is COc1cc(C(=O)N[C@H]2CCCN(C(=O)OC(C)(C)C)C2)ccc1[N+](=O)[O-]. The highest BCUT2D eigenvalue weighted by Gasteiger charge is 2.29. The second-order valence-electron chi connectivity index (χ2n) is 7.38. The number of amides is 2. The molecule has 1 saturated heterocycles. The lowest BCUT2D eigenvalue weighted by atomic mass is 10.1. The number of rotatable bonds is 4. The zero-order valence-corrected chi connectivity index (χ0v) is 16.0. The predicted octanol–water partition coefficient (Wildman–Crippen LogP) is 2.73. The maximum Gasteiger partial charge on any atom is 0.410 e. The summed E-state index contributed by atoms with van der Waals surface area (Å²) in [7, 11) is 1.31. The molecule has 2 amide bonds. The standard InChI is InChI=1S/C18H25N3O6/c1-18(2,3)27-17(23)20-9-5-6-13(11-20)19-16(22)12-7-8-14(21(24)25)15(10-12)26-4/h7-8,10,13H,5-6,9,11H2,1-4H3,(H,19,22)/t13-/m0/s1. The van der Waals surface area contributed by atoms with E-state index < -0.39 is 16.6 Å². The summed E-state index contributed by atoms with van der Waals surface area (Å²) in [5.74, 6) is -0.356. The van der Waals surface area contributed by atoms with Gasteiger partial charge in [-0.3, -0.25) is 14.9 Å². The van der Waals surface area contributed by atoms with Crippen LogP contribution in [0.2, 0.25) is 0 Å². The first kappa shape index (κ1) is 20.5. The van der Waals surface area contributed by atoms with E-state index in [9.17, 15) is 19.7 Å². The highest BCUT2D eigenvalue weighted by atomic mass is 16.6. The van der Waals surface area contributed by atoms with Gasteiger partial charge in [-0.15, -0.1) is 0 Å². The van der Waals surface area contributed by atoms with Gasteiger partial charge in [0.1, 0.15) is 5.60 Å². The summed E-state index contributed by atoms with van der Waals surface area (Å²) in [6, 6.07) is 3.73. The van der Waals surface area contributed by atoms with Gasteiger partial charge >= 0.3 is 11.8 Å². The normalized spacial score (nSPS) is 17.2. The molecule has 0 bridgehead atoms. The molecule has 1 aromatic rings. The minimum atomic E-state index is -0.581. The number of piperidine rings is 1. The van der Waals surface area contributed by atoms with Crippen LogP contribution in [0.3, 0.4) is 0 Å². The van der Waals surface area contributed by atoms with Crippen molar-refractivity contribution in [2.75, 3.05) is 20.2 Å². The number of carbonyl (C=O) groups is 2. The molecule has 0 saturated carbocycles. The number of hydrogen-bond acceptors (Lipinski definition) is 6. The molecule has 148 valence electrons. The summed E-state index contributed by atoms with van der Waals surface area (Å²) < 4.78 is 10.4. The van der Waals surface area contributed by atoms with Crippen LogP contribution >= 0.6 is 0 Å². The molecule has 0 aliphatic carbocycles. The quantitative estimate of drug-likeness (QED) is 0.636. The first-order chi connectivity index (χ1) is 12.6. The highest BCUT2D eigenvalue weighted by Crippen LogP contribution is 2.27. The van der Waals surface area contributed by atoms with Crippen LogP contribution in [0.5, 0.6) is 5.75 Å². The molecule has 1 heterocycles. The third-order valence-corrected chi connectivity index (χ3v) is 4.05. The summed E-state index contributed by atoms with van der Waals surface area (Å²) in [5, 5.41) is 13.8. The average molecular weight is 379 g/mol. The maximum absolute atomic E-state index is 12.5. The molecule has 9 nitrogen and oxygen atoms in total. The molecular formula is C18H25N3O6. The van der Waals surface area contributed by atoms with E-state index in [1.54, 1.807) is 25.7 Å². The number of nitro benzene ring substituents is 1. The molecule has 0 aromatic heterocycles. The van der Waals surface area contributed by atoms with Crippen molar-refractivity contribution >= 4 is 17.7 Å². The number of benzene rings is 1. The molecule has 0 spiro atoms. The lowest BCUT2D eigenvalue weighted by molar-refractivity contribution is -0.385. The Kier molecular flexibility index (Phi) is 6.24. The molecule has 27 heavy (non-hydrogen) atoms. The highest BCUT2D eigenvalue weighted by molar-refractivity contribution is 5.95. The summed E-state index contributed by atoms with van der Waals surface area (Å²) in [6.07, 6.45) is 1.07. The van der Waals surface area contributed by atoms with Gasteiger partial charge in [0.05, 0.1) is 12.0 Å². The van der Waals surface area contributed by atoms with Crippen LogP contribution < -0.4 is 10.1 Å². The third-order valence-electron chi connectivity index (χ3n) is 4.05. The number of methoxy groups -OCH3 is 1. The van der Waals surface area contributed by atoms with Gasteiger partial charge in [0, 0.05) is 36.8 Å². The third kappa shape index (κ3) is 5.57. The zero-order chi connectivity index (χ0) is 20.2. The van der Waals surface area contributed by atoms with Crippen LogP contribution in [0.15, 0.2) is 18.2 Å². The van der Waals surface area contributed by atoms with Crippen molar-refractivity contribution in [3.63, 3.8) is 0 Å². The Bertz CT molecular complexity index is 728. The smallest absolute Gasteiger partial charge is 0.410 e. The zero-order valence-electron chi connectivity index (χ0n) is 16.0. The Hall–Kier alpha value is -2.84. The van der Waals surface area contributed by atoms with Crippen molar-refractivity contribution in [3.05, 3.63) is 33.9 Å². The largest absolute Gasteiger partial charge is 0.490 e. The van der Waals surface area contributed by atoms with E-state index >= 15 is 0 Å². The Morgan fingerprint density at radius 3 is 2.63 bits per heavy atom. The van der Waals surface area contributed by atoms with E-state index in [0.717, 1.165) is 12.8 Å². The van der Waals surface area contributed by atoms with Crippen molar-refractivity contribution < 1.29 is 24.0 Å². The van der Waals surface area contributed by atoms with Gasteiger partial charge < -0.3 is 19.7 Å². The van der Waals surface area contributed by atoms with Gasteiger partial charge in [0.15, 0.2) is 5.75 Å². The van der Waals surface area contributed by atoms with Gasteiger partial charge in [0.25, 0.3) is 5.91 Å². The van der Waals surface area contributed by atoms with Gasteiger partial charge in [-0.1, -0.05) is 0 Å². The Balaban J connectivity index is 2.03. The molecular weight excluding hydrogens is 354 g/mol. The minimum Gasteiger partial charge on any atom is -0.490 e. The Labute approximate surface area is 157 Å². The Morgan fingerprint density at radius 1 is 1.33 bits per heavy atom. The first-order valence-corrected chi connectivity index (χ1v) is 8.72. The molecule has 0 radical (unpaired) electrons. The second-order valence-corrected chi connectivity index (χ2v) is 7.38. The summed E-state index contributed by atoms with van der Waals surface area (Å²) >= 11 is 0. The fourth-order valence-corrected chi connectivity index (χ4v) is 2.83. The van der Waals surface area contributed by atoms with E-state index in [1.807, 2.05) is 0 Å². The number of ether oxygens (including phenoxy) is 2. The van der Waals surface area contributed by atoms with Crippen molar-refractivity contribution in [2.24, 2.45) is 0 Å². The van der Waals surface area contributed by atoms with Crippen LogP contribution in [-0.4, -0.2) is 53.7 Å². The van der Waals surface area contributed by atoms with E-state index in [1.165, 1.54) is 25.3 Å². The molecule has 1 aliphatic rings. The van der Waals surface area contributed by atoms with Crippen LogP contribution in [0.1, 0.15) is 44.0 Å². The van der Waals surface area contributed by atoms with E-state index in [-0.39, 0.29) is 28.9 Å². The van der Waals surface area contributed by atoms with Crippen LogP contribution in [0.4, 0.5) is 10.5 Å². The van der Waals surface area contributed by atoms with Crippen LogP contribution in [0.25, 0.3) is 0 Å². The number of hydrogen-bond donors (Lipinski definition) is 1. The number of nitro groups is 1. The van der Waals surface area contributed by atoms with Gasteiger partial charge in [-0.2, -0.15) is 0 Å². The summed E-state index contributed by atoms with van der Waals surface area (Å²) in [6.45, 7) is 6.33. The summed E-state index contributed by atoms with van der Waals surface area (Å²) in [5.41, 5.74) is -0.530. The fourth-order valence-electron chi connectivity index (χ4n) is 2.83. The van der Waals surface area contributed by atoms with Gasteiger partial charge in [-0.05, 0) is 39.7 Å². The van der Waals surface area contributed by atoms with E-state index in [0.29, 0.717) is 13.1 Å². The summed E-state index contributed by atoms with van der Waals surface area (Å²) in [4.78, 5) is 36.7. The fraction of sp³-hybridized carbons (Fsp3) is 0.556. The Morgan fingerprint density at radius 2 is 2.04 bits per heavy atom. The average Bonchev–Trinajstić information content (AvgIpc) is 2.59. The van der Waals surface area contributed by atoms with Gasteiger partial charge in [0.2, 0.25) is 0 Å². The molecule has 1 aromatic carbocycles. The molecule has 1 atom stereocenters. The monoisotopic (exact) mass is 379 g/mol. The maximum atomic E-state index is 12.5. The topological polar surface area (TPSA) is 111 Å². The predicted molar refractivity (Wildman–Crippen MR) is 97.9 cm³/mol.